The van der Waals surface area contributed by atoms with Crippen molar-refractivity contribution in [1.82, 2.24) is 19.5 Å². The summed E-state index contributed by atoms with van der Waals surface area (Å²) in [4.78, 5) is 13.8. The topological polar surface area (TPSA) is 84.6 Å². The Morgan fingerprint density at radius 3 is 2.88 bits per heavy atom. The highest BCUT2D eigenvalue weighted by atomic mass is 35.5. The lowest BCUT2D eigenvalue weighted by molar-refractivity contribution is -0.128. The van der Waals surface area contributed by atoms with Crippen LogP contribution in [0.3, 0.4) is 0 Å². The number of hydrogen-bond donors (Lipinski definition) is 0. The van der Waals surface area contributed by atoms with Crippen LogP contribution in [0.4, 0.5) is 0 Å². The average Bonchev–Trinajstić information content (AvgIpc) is 3.07. The maximum atomic E-state index is 12.3. The molecule has 1 fully saturated rings. The normalized spacial score (nSPS) is 19.7. The van der Waals surface area contributed by atoms with Gasteiger partial charge in [-0.1, -0.05) is 35.0 Å². The number of carbonyl (C=O) groups excluding carboxylic acids is 1. The second-order valence-corrected chi connectivity index (χ2v) is 9.55. The van der Waals surface area contributed by atoms with E-state index < -0.39 is 9.84 Å². The van der Waals surface area contributed by atoms with Crippen molar-refractivity contribution in [2.24, 2.45) is 0 Å². The molecule has 3 rings (SSSR count). The van der Waals surface area contributed by atoms with E-state index >= 15 is 0 Å². The minimum Gasteiger partial charge on any atom is -0.341 e. The van der Waals surface area contributed by atoms with Gasteiger partial charge in [-0.05, 0) is 12.5 Å². The van der Waals surface area contributed by atoms with E-state index in [1.165, 1.54) is 16.7 Å². The summed E-state index contributed by atoms with van der Waals surface area (Å²) < 4.78 is 24.7. The van der Waals surface area contributed by atoms with Crippen LogP contribution >= 0.6 is 35.0 Å². The standard InChI is InChI=1S/C13H14Cl2N4O3S2/c1-18(9-2-3-24(21,22)7-9)11(20)6-23-13-17-16-12-10(15)4-8(14)5-19(12)13/h4-5,9H,2-3,6-7H2,1H3/t9-/m1/s1. The van der Waals surface area contributed by atoms with Gasteiger partial charge in [-0.25, -0.2) is 8.42 Å². The predicted molar refractivity (Wildman–Crippen MR) is 93.6 cm³/mol. The first kappa shape index (κ1) is 17.8. The van der Waals surface area contributed by atoms with Crippen LogP contribution in [0.15, 0.2) is 17.4 Å². The number of halogens is 2. The molecule has 7 nitrogen and oxygen atoms in total. The number of carbonyl (C=O) groups is 1. The molecule has 11 heteroatoms. The number of sulfone groups is 1. The van der Waals surface area contributed by atoms with E-state index in [-0.39, 0.29) is 29.2 Å². The summed E-state index contributed by atoms with van der Waals surface area (Å²) in [6.07, 6.45) is 2.11. The first-order chi connectivity index (χ1) is 11.3. The molecule has 0 unspecified atom stereocenters. The van der Waals surface area contributed by atoms with Crippen molar-refractivity contribution in [3.63, 3.8) is 0 Å². The fraction of sp³-hybridized carbons (Fsp3) is 0.462. The zero-order chi connectivity index (χ0) is 17.5. The van der Waals surface area contributed by atoms with Crippen LogP contribution in [-0.4, -0.2) is 64.2 Å². The van der Waals surface area contributed by atoms with E-state index in [0.717, 1.165) is 0 Å². The molecule has 2 aromatic rings. The van der Waals surface area contributed by atoms with Crippen molar-refractivity contribution < 1.29 is 13.2 Å². The molecule has 3 heterocycles. The lowest BCUT2D eigenvalue weighted by Crippen LogP contribution is -2.38. The molecule has 0 bridgehead atoms. The van der Waals surface area contributed by atoms with Crippen LogP contribution in [0.25, 0.3) is 5.65 Å². The first-order valence-corrected chi connectivity index (χ1v) is 10.6. The first-order valence-electron chi connectivity index (χ1n) is 7.05. The molecule has 0 N–H and O–H groups in total. The highest BCUT2D eigenvalue weighted by Gasteiger charge is 2.32. The zero-order valence-corrected chi connectivity index (χ0v) is 15.8. The third kappa shape index (κ3) is 3.63. The third-order valence-electron chi connectivity index (χ3n) is 3.87. The molecule has 0 aliphatic carbocycles. The summed E-state index contributed by atoms with van der Waals surface area (Å²) in [7, 11) is -1.40. The van der Waals surface area contributed by atoms with Gasteiger partial charge in [0.25, 0.3) is 0 Å². The number of pyridine rings is 1. The van der Waals surface area contributed by atoms with Gasteiger partial charge in [-0.15, -0.1) is 10.2 Å². The largest absolute Gasteiger partial charge is 0.341 e. The van der Waals surface area contributed by atoms with Crippen LogP contribution in [0, 0.1) is 0 Å². The van der Waals surface area contributed by atoms with Gasteiger partial charge in [0, 0.05) is 19.3 Å². The second kappa shape index (κ2) is 6.70. The Bertz CT molecular complexity index is 900. The monoisotopic (exact) mass is 408 g/mol. The van der Waals surface area contributed by atoms with Crippen LogP contribution in [-0.2, 0) is 14.6 Å². The van der Waals surface area contributed by atoms with E-state index in [1.54, 1.807) is 23.7 Å². The zero-order valence-electron chi connectivity index (χ0n) is 12.6. The van der Waals surface area contributed by atoms with Crippen LogP contribution in [0.2, 0.25) is 10.0 Å². The Kier molecular flexibility index (Phi) is 4.96. The molecule has 1 amide bonds. The Morgan fingerprint density at radius 2 is 2.21 bits per heavy atom. The highest BCUT2D eigenvalue weighted by molar-refractivity contribution is 7.99. The summed E-state index contributed by atoms with van der Waals surface area (Å²) in [5.41, 5.74) is 0.464. The van der Waals surface area contributed by atoms with E-state index in [2.05, 4.69) is 10.2 Å². The minimum atomic E-state index is -3.03. The fourth-order valence-electron chi connectivity index (χ4n) is 2.51. The van der Waals surface area contributed by atoms with Crippen molar-refractivity contribution in [3.05, 3.63) is 22.3 Å². The molecule has 130 valence electrons. The summed E-state index contributed by atoms with van der Waals surface area (Å²) in [5.74, 6) is 0.123. The summed E-state index contributed by atoms with van der Waals surface area (Å²) in [5, 5.41) is 9.30. The summed E-state index contributed by atoms with van der Waals surface area (Å²) >= 11 is 13.2. The maximum Gasteiger partial charge on any atom is 0.233 e. The van der Waals surface area contributed by atoms with Gasteiger partial charge < -0.3 is 4.90 Å². The van der Waals surface area contributed by atoms with Crippen molar-refractivity contribution in [2.75, 3.05) is 24.3 Å². The number of hydrogen-bond acceptors (Lipinski definition) is 6. The van der Waals surface area contributed by atoms with Crippen molar-refractivity contribution in [1.29, 1.82) is 0 Å². The van der Waals surface area contributed by atoms with Crippen molar-refractivity contribution in [2.45, 2.75) is 17.6 Å². The second-order valence-electron chi connectivity index (χ2n) is 5.53. The number of fused-ring (bicyclic) bond motifs is 1. The molecule has 1 saturated heterocycles. The average molecular weight is 409 g/mol. The van der Waals surface area contributed by atoms with Gasteiger partial charge >= 0.3 is 0 Å². The molecule has 0 radical (unpaired) electrons. The smallest absolute Gasteiger partial charge is 0.233 e. The van der Waals surface area contributed by atoms with Gasteiger partial charge in [0.05, 0.1) is 27.3 Å². The van der Waals surface area contributed by atoms with Crippen LogP contribution < -0.4 is 0 Å². The number of amides is 1. The number of aromatic nitrogens is 3. The molecule has 0 spiro atoms. The van der Waals surface area contributed by atoms with Gasteiger partial charge in [0.15, 0.2) is 20.6 Å². The van der Waals surface area contributed by atoms with E-state index in [4.69, 9.17) is 23.2 Å². The lowest BCUT2D eigenvalue weighted by Gasteiger charge is -2.23. The summed E-state index contributed by atoms with van der Waals surface area (Å²) in [6, 6.07) is 1.31. The molecule has 0 saturated carbocycles. The third-order valence-corrected chi connectivity index (χ3v) is 7.03. The van der Waals surface area contributed by atoms with E-state index in [0.29, 0.717) is 27.3 Å². The number of rotatable bonds is 4. The molecule has 24 heavy (non-hydrogen) atoms. The maximum absolute atomic E-state index is 12.3. The number of thioether (sulfide) groups is 1. The Hall–Kier alpha value is -1.03. The highest BCUT2D eigenvalue weighted by Crippen LogP contribution is 2.26. The Balaban J connectivity index is 1.69. The number of nitrogens with zero attached hydrogens (tertiary/aromatic N) is 4. The SMILES string of the molecule is CN(C(=O)CSc1nnc2c(Cl)cc(Cl)cn12)[C@@H]1CCS(=O)(=O)C1. The molecule has 1 aliphatic heterocycles. The van der Waals surface area contributed by atoms with Gasteiger partial charge in [-0.3, -0.25) is 9.20 Å². The van der Waals surface area contributed by atoms with Crippen LogP contribution in [0.5, 0.6) is 0 Å². The lowest BCUT2D eigenvalue weighted by atomic mass is 10.2. The van der Waals surface area contributed by atoms with Gasteiger partial charge in [0.2, 0.25) is 5.91 Å². The molecule has 0 aromatic carbocycles. The quantitative estimate of drug-likeness (QED) is 0.716. The Morgan fingerprint density at radius 1 is 1.46 bits per heavy atom. The Labute approximate surface area is 153 Å². The van der Waals surface area contributed by atoms with Crippen LogP contribution in [0.1, 0.15) is 6.42 Å². The minimum absolute atomic E-state index is 0.0268. The van der Waals surface area contributed by atoms with E-state index in [1.807, 2.05) is 0 Å². The molecular weight excluding hydrogens is 395 g/mol. The summed E-state index contributed by atoms with van der Waals surface area (Å²) in [6.45, 7) is 0. The molecule has 2 aromatic heterocycles. The van der Waals surface area contributed by atoms with Gasteiger partial charge in [-0.2, -0.15) is 0 Å². The molecular formula is C13H14Cl2N4O3S2. The fourth-order valence-corrected chi connectivity index (χ4v) is 5.63. The van der Waals surface area contributed by atoms with Crippen molar-refractivity contribution >= 4 is 56.4 Å². The predicted octanol–water partition coefficient (Wildman–Crippen LogP) is 1.77. The van der Waals surface area contributed by atoms with E-state index in [9.17, 15) is 13.2 Å². The van der Waals surface area contributed by atoms with Crippen molar-refractivity contribution in [3.8, 4) is 0 Å². The molecule has 1 aliphatic rings. The molecule has 1 atom stereocenters. The van der Waals surface area contributed by atoms with Gasteiger partial charge in [0.1, 0.15) is 0 Å².